The van der Waals surface area contributed by atoms with Gasteiger partial charge in [0, 0.05) is 12.1 Å². The van der Waals surface area contributed by atoms with Gasteiger partial charge in [0.1, 0.15) is 11.8 Å². The molecule has 2 N–H and O–H groups in total. The van der Waals surface area contributed by atoms with Crippen LogP contribution in [0.15, 0.2) is 36.4 Å². The second-order valence-corrected chi connectivity index (χ2v) is 5.79. The molecule has 1 atom stereocenters. The van der Waals surface area contributed by atoms with Crippen LogP contribution in [0.4, 0.5) is 5.69 Å². The minimum Gasteiger partial charge on any atom is -0.508 e. The number of anilines is 1. The molecule has 2 aromatic rings. The average Bonchev–Trinajstić information content (AvgIpc) is 3.02. The van der Waals surface area contributed by atoms with E-state index in [0.717, 1.165) is 12.0 Å². The summed E-state index contributed by atoms with van der Waals surface area (Å²) in [5, 5.41) is 12.2. The first-order valence-corrected chi connectivity index (χ1v) is 7.56. The number of aromatic nitrogens is 1. The van der Waals surface area contributed by atoms with E-state index in [1.165, 1.54) is 0 Å². The van der Waals surface area contributed by atoms with E-state index < -0.39 is 6.04 Å². The Morgan fingerprint density at radius 3 is 2.70 bits per heavy atom. The Labute approximate surface area is 132 Å². The molecule has 2 aliphatic heterocycles. The molecule has 4 rings (SSSR count). The van der Waals surface area contributed by atoms with Crippen LogP contribution in [0.1, 0.15) is 23.3 Å². The highest BCUT2D eigenvalue weighted by molar-refractivity contribution is 6.09. The molecule has 0 aliphatic carbocycles. The number of fused-ring (bicyclic) bond motifs is 2. The smallest absolute Gasteiger partial charge is 0.275 e. The quantitative estimate of drug-likeness (QED) is 0.844. The van der Waals surface area contributed by atoms with E-state index in [0.29, 0.717) is 24.3 Å². The molecular weight excluding hydrogens is 294 g/mol. The topological polar surface area (TPSA) is 82.5 Å². The van der Waals surface area contributed by atoms with Gasteiger partial charge in [0.15, 0.2) is 5.69 Å². The number of carbonyl (C=O) groups is 2. The third-order valence-corrected chi connectivity index (χ3v) is 4.34. The van der Waals surface area contributed by atoms with Crippen LogP contribution in [0.2, 0.25) is 0 Å². The molecule has 1 aromatic carbocycles. The number of carbonyl (C=O) groups excluding carboxylic acids is 2. The molecule has 0 bridgehead atoms. The summed E-state index contributed by atoms with van der Waals surface area (Å²) in [6.45, 7) is 0.585. The van der Waals surface area contributed by atoms with Crippen LogP contribution in [0.3, 0.4) is 0 Å². The fraction of sp³-hybridized carbons (Fsp3) is 0.235. The van der Waals surface area contributed by atoms with Gasteiger partial charge in [-0.2, -0.15) is 0 Å². The summed E-state index contributed by atoms with van der Waals surface area (Å²) in [6.07, 6.45) is 1.52. The Kier molecular flexibility index (Phi) is 3.04. The number of phenolic OH excluding ortho intramolecular Hbond substituents is 1. The monoisotopic (exact) mass is 309 g/mol. The molecular formula is C17H15N3O3. The number of amides is 2. The van der Waals surface area contributed by atoms with E-state index in [9.17, 15) is 14.7 Å². The van der Waals surface area contributed by atoms with Gasteiger partial charge < -0.3 is 15.3 Å². The normalized spacial score (nSPS) is 19.8. The number of nitrogens with zero attached hydrogens (tertiary/aromatic N) is 2. The highest BCUT2D eigenvalue weighted by Gasteiger charge is 2.39. The van der Waals surface area contributed by atoms with Crippen molar-refractivity contribution in [2.75, 3.05) is 11.9 Å². The van der Waals surface area contributed by atoms with Crippen LogP contribution in [-0.4, -0.2) is 39.4 Å². The lowest BCUT2D eigenvalue weighted by Crippen LogP contribution is -2.40. The lowest BCUT2D eigenvalue weighted by Gasteiger charge is -2.19. The Bertz CT molecular complexity index is 801. The first kappa shape index (κ1) is 13.8. The van der Waals surface area contributed by atoms with Crippen molar-refractivity contribution < 1.29 is 14.7 Å². The number of pyridine rings is 1. The summed E-state index contributed by atoms with van der Waals surface area (Å²) in [5.74, 6) is -0.179. The molecule has 1 aromatic heterocycles. The molecule has 0 saturated carbocycles. The molecule has 6 nitrogen and oxygen atoms in total. The molecule has 2 amide bonds. The average molecular weight is 309 g/mol. The number of hydrogen-bond acceptors (Lipinski definition) is 4. The number of nitrogens with one attached hydrogen (secondary N) is 1. The van der Waals surface area contributed by atoms with Crippen molar-refractivity contribution in [1.29, 1.82) is 0 Å². The number of benzene rings is 1. The van der Waals surface area contributed by atoms with Gasteiger partial charge in [-0.05, 0) is 49.2 Å². The number of aromatic hydroxyl groups is 1. The van der Waals surface area contributed by atoms with Gasteiger partial charge in [-0.25, -0.2) is 4.98 Å². The van der Waals surface area contributed by atoms with Crippen LogP contribution in [0, 0.1) is 0 Å². The fourth-order valence-corrected chi connectivity index (χ4v) is 3.15. The molecule has 23 heavy (non-hydrogen) atoms. The minimum absolute atomic E-state index is 0.145. The van der Waals surface area contributed by atoms with Gasteiger partial charge in [-0.15, -0.1) is 0 Å². The molecule has 0 unspecified atom stereocenters. The second kappa shape index (κ2) is 5.08. The molecule has 1 fully saturated rings. The van der Waals surface area contributed by atoms with Crippen molar-refractivity contribution in [3.05, 3.63) is 42.1 Å². The zero-order valence-electron chi connectivity index (χ0n) is 12.3. The molecule has 2 aliphatic rings. The van der Waals surface area contributed by atoms with Crippen molar-refractivity contribution in [1.82, 2.24) is 9.88 Å². The largest absolute Gasteiger partial charge is 0.508 e. The Balaban J connectivity index is 1.79. The summed E-state index contributed by atoms with van der Waals surface area (Å²) < 4.78 is 0. The number of hydrogen-bond donors (Lipinski definition) is 2. The summed E-state index contributed by atoms with van der Waals surface area (Å²) in [7, 11) is 0. The predicted molar refractivity (Wildman–Crippen MR) is 84.0 cm³/mol. The molecule has 0 spiro atoms. The maximum Gasteiger partial charge on any atom is 0.275 e. The first-order valence-electron chi connectivity index (χ1n) is 7.56. The molecule has 1 saturated heterocycles. The van der Waals surface area contributed by atoms with Crippen molar-refractivity contribution in [2.24, 2.45) is 0 Å². The summed E-state index contributed by atoms with van der Waals surface area (Å²) in [6, 6.07) is 9.70. The van der Waals surface area contributed by atoms with Gasteiger partial charge in [0.25, 0.3) is 5.91 Å². The van der Waals surface area contributed by atoms with Crippen molar-refractivity contribution in [3.63, 3.8) is 0 Å². The van der Waals surface area contributed by atoms with Crippen LogP contribution < -0.4 is 5.32 Å². The third-order valence-electron chi connectivity index (χ3n) is 4.34. The molecule has 0 radical (unpaired) electrons. The molecule has 116 valence electrons. The summed E-state index contributed by atoms with van der Waals surface area (Å²) in [4.78, 5) is 31.0. The third kappa shape index (κ3) is 2.23. The van der Waals surface area contributed by atoms with Crippen LogP contribution in [0.25, 0.3) is 11.3 Å². The van der Waals surface area contributed by atoms with Crippen LogP contribution >= 0.6 is 0 Å². The minimum atomic E-state index is -0.395. The van der Waals surface area contributed by atoms with Gasteiger partial charge in [0.2, 0.25) is 5.91 Å². The van der Waals surface area contributed by atoms with Crippen molar-refractivity contribution in [3.8, 4) is 17.0 Å². The maximum absolute atomic E-state index is 12.7. The van der Waals surface area contributed by atoms with Crippen molar-refractivity contribution in [2.45, 2.75) is 18.9 Å². The van der Waals surface area contributed by atoms with Gasteiger partial charge >= 0.3 is 0 Å². The van der Waals surface area contributed by atoms with E-state index in [-0.39, 0.29) is 23.3 Å². The number of phenols is 1. The molecule has 3 heterocycles. The zero-order chi connectivity index (χ0) is 16.0. The van der Waals surface area contributed by atoms with E-state index in [2.05, 4.69) is 10.3 Å². The lowest BCUT2D eigenvalue weighted by molar-refractivity contribution is -0.119. The number of rotatable bonds is 1. The van der Waals surface area contributed by atoms with E-state index in [1.54, 1.807) is 41.3 Å². The standard InChI is InChI=1S/C17H15N3O3/c21-11-5-3-10(4-6-11)12-7-8-13-15(18-12)17(23)20-9-1-2-14(20)16(22)19-13/h3-8,14,21H,1-2,9H2,(H,19,22)/t14-/m0/s1. The van der Waals surface area contributed by atoms with Crippen LogP contribution in [0.5, 0.6) is 5.75 Å². The fourth-order valence-electron chi connectivity index (χ4n) is 3.15. The first-order chi connectivity index (χ1) is 11.1. The Morgan fingerprint density at radius 2 is 1.91 bits per heavy atom. The SMILES string of the molecule is O=C1Nc2ccc(-c3ccc(O)cc3)nc2C(=O)N2CCC[C@@H]12. The summed E-state index contributed by atoms with van der Waals surface area (Å²) >= 11 is 0. The van der Waals surface area contributed by atoms with Gasteiger partial charge in [0.05, 0.1) is 11.4 Å². The maximum atomic E-state index is 12.7. The van der Waals surface area contributed by atoms with Gasteiger partial charge in [-0.3, -0.25) is 9.59 Å². The Hall–Kier alpha value is -2.89. The van der Waals surface area contributed by atoms with E-state index >= 15 is 0 Å². The Morgan fingerprint density at radius 1 is 1.13 bits per heavy atom. The zero-order valence-corrected chi connectivity index (χ0v) is 12.3. The second-order valence-electron chi connectivity index (χ2n) is 5.79. The van der Waals surface area contributed by atoms with Crippen molar-refractivity contribution >= 4 is 17.5 Å². The van der Waals surface area contributed by atoms with E-state index in [1.807, 2.05) is 0 Å². The van der Waals surface area contributed by atoms with Gasteiger partial charge in [-0.1, -0.05) is 0 Å². The lowest BCUT2D eigenvalue weighted by atomic mass is 10.1. The van der Waals surface area contributed by atoms with E-state index in [4.69, 9.17) is 0 Å². The highest BCUT2D eigenvalue weighted by atomic mass is 16.3. The summed E-state index contributed by atoms with van der Waals surface area (Å²) in [5.41, 5.74) is 2.15. The predicted octanol–water partition coefficient (Wildman–Crippen LogP) is 2.01. The van der Waals surface area contributed by atoms with Crippen LogP contribution in [-0.2, 0) is 4.79 Å². The highest BCUT2D eigenvalue weighted by Crippen LogP contribution is 2.30. The molecule has 6 heteroatoms.